The predicted octanol–water partition coefficient (Wildman–Crippen LogP) is 2.71. The summed E-state index contributed by atoms with van der Waals surface area (Å²) in [5.74, 6) is 0.0139. The number of hydrogen-bond acceptors (Lipinski definition) is 5. The Morgan fingerprint density at radius 1 is 1.00 bits per heavy atom. The minimum Gasteiger partial charge on any atom is -0.378 e. The van der Waals surface area contributed by atoms with Crippen molar-refractivity contribution in [1.82, 2.24) is 14.5 Å². The standard InChI is InChI=1S/C24H26N4O3/c29-23(18-7-9-19(10-8-18)26-12-14-31-15-13-26)27-11-3-4-20(16-27)28-17-25-22-6-2-1-5-21(22)24(28)30/h1-2,5-10,17,20H,3-4,11-16H2. The average Bonchev–Trinajstić information content (AvgIpc) is 2.85. The van der Waals surface area contributed by atoms with E-state index in [0.29, 0.717) is 29.6 Å². The summed E-state index contributed by atoms with van der Waals surface area (Å²) in [6, 6.07) is 15.2. The number of amides is 1. The van der Waals surface area contributed by atoms with Gasteiger partial charge in [0.15, 0.2) is 0 Å². The van der Waals surface area contributed by atoms with Gasteiger partial charge in [-0.1, -0.05) is 12.1 Å². The Labute approximate surface area is 180 Å². The van der Waals surface area contributed by atoms with Gasteiger partial charge in [0.05, 0.1) is 36.5 Å². The lowest BCUT2D eigenvalue weighted by atomic mass is 10.0. The van der Waals surface area contributed by atoms with Crippen LogP contribution in [0.3, 0.4) is 0 Å². The Balaban J connectivity index is 1.33. The Morgan fingerprint density at radius 3 is 2.58 bits per heavy atom. The molecule has 2 saturated heterocycles. The molecule has 3 heterocycles. The zero-order chi connectivity index (χ0) is 21.2. The number of fused-ring (bicyclic) bond motifs is 1. The molecule has 7 nitrogen and oxygen atoms in total. The molecule has 2 aliphatic rings. The van der Waals surface area contributed by atoms with E-state index >= 15 is 0 Å². The average molecular weight is 418 g/mol. The summed E-state index contributed by atoms with van der Waals surface area (Å²) >= 11 is 0. The lowest BCUT2D eigenvalue weighted by Crippen LogP contribution is -2.43. The van der Waals surface area contributed by atoms with Crippen LogP contribution in [0.4, 0.5) is 5.69 Å². The molecule has 0 bridgehead atoms. The smallest absolute Gasteiger partial charge is 0.261 e. The molecule has 0 N–H and O–H groups in total. The van der Waals surface area contributed by atoms with Gasteiger partial charge in [-0.3, -0.25) is 14.2 Å². The molecule has 31 heavy (non-hydrogen) atoms. The van der Waals surface area contributed by atoms with Crippen LogP contribution in [-0.2, 0) is 4.74 Å². The Hall–Kier alpha value is -3.19. The van der Waals surface area contributed by atoms with Crippen molar-refractivity contribution in [2.75, 3.05) is 44.3 Å². The van der Waals surface area contributed by atoms with Crippen molar-refractivity contribution in [1.29, 1.82) is 0 Å². The molecule has 2 aliphatic heterocycles. The molecular formula is C24H26N4O3. The summed E-state index contributed by atoms with van der Waals surface area (Å²) in [6.45, 7) is 4.43. The molecule has 3 aromatic rings. The molecule has 0 spiro atoms. The number of hydrogen-bond donors (Lipinski definition) is 0. The zero-order valence-corrected chi connectivity index (χ0v) is 17.4. The van der Waals surface area contributed by atoms with Crippen LogP contribution in [0.2, 0.25) is 0 Å². The number of piperidine rings is 1. The largest absolute Gasteiger partial charge is 0.378 e. The molecule has 2 fully saturated rings. The van der Waals surface area contributed by atoms with Gasteiger partial charge in [-0.2, -0.15) is 0 Å². The highest BCUT2D eigenvalue weighted by molar-refractivity contribution is 5.94. The van der Waals surface area contributed by atoms with Gasteiger partial charge in [-0.05, 0) is 49.2 Å². The number of benzene rings is 2. The molecule has 1 amide bonds. The van der Waals surface area contributed by atoms with Gasteiger partial charge in [-0.25, -0.2) is 4.98 Å². The summed E-state index contributed by atoms with van der Waals surface area (Å²) in [5.41, 5.74) is 2.46. The molecule has 0 radical (unpaired) electrons. The molecule has 160 valence electrons. The maximum absolute atomic E-state index is 13.2. The normalized spacial score (nSPS) is 19.5. The summed E-state index contributed by atoms with van der Waals surface area (Å²) < 4.78 is 7.11. The highest BCUT2D eigenvalue weighted by atomic mass is 16.5. The third-order valence-corrected chi connectivity index (χ3v) is 6.26. The van der Waals surface area contributed by atoms with E-state index in [1.165, 1.54) is 0 Å². The van der Waals surface area contributed by atoms with Crippen LogP contribution in [0, 0.1) is 0 Å². The lowest BCUT2D eigenvalue weighted by Gasteiger charge is -2.34. The zero-order valence-electron chi connectivity index (χ0n) is 17.4. The Kier molecular flexibility index (Phi) is 5.42. The third kappa shape index (κ3) is 3.93. The number of aromatic nitrogens is 2. The fraction of sp³-hybridized carbons (Fsp3) is 0.375. The number of carbonyl (C=O) groups is 1. The number of carbonyl (C=O) groups excluding carboxylic acids is 1. The molecular weight excluding hydrogens is 392 g/mol. The second kappa shape index (κ2) is 8.51. The fourth-order valence-electron chi connectivity index (χ4n) is 4.53. The van der Waals surface area contributed by atoms with E-state index in [-0.39, 0.29) is 17.5 Å². The SMILES string of the molecule is O=C(c1ccc(N2CCOCC2)cc1)N1CCCC(n2cnc3ccccc3c2=O)C1. The molecule has 0 saturated carbocycles. The molecule has 7 heteroatoms. The maximum atomic E-state index is 13.2. The number of likely N-dealkylation sites (tertiary alicyclic amines) is 1. The minimum atomic E-state index is -0.0603. The lowest BCUT2D eigenvalue weighted by molar-refractivity contribution is 0.0677. The maximum Gasteiger partial charge on any atom is 0.261 e. The first-order valence-corrected chi connectivity index (χ1v) is 10.9. The van der Waals surface area contributed by atoms with Crippen molar-refractivity contribution < 1.29 is 9.53 Å². The van der Waals surface area contributed by atoms with Gasteiger partial charge in [0.25, 0.3) is 11.5 Å². The van der Waals surface area contributed by atoms with Crippen LogP contribution in [-0.4, -0.2) is 59.8 Å². The molecule has 1 atom stereocenters. The van der Waals surface area contributed by atoms with Crippen LogP contribution in [0.5, 0.6) is 0 Å². The monoisotopic (exact) mass is 418 g/mol. The van der Waals surface area contributed by atoms with E-state index in [0.717, 1.165) is 44.8 Å². The second-order valence-electron chi connectivity index (χ2n) is 8.17. The molecule has 5 rings (SSSR count). The van der Waals surface area contributed by atoms with Crippen LogP contribution in [0.15, 0.2) is 59.7 Å². The van der Waals surface area contributed by atoms with E-state index in [4.69, 9.17) is 4.74 Å². The number of nitrogens with zero attached hydrogens (tertiary/aromatic N) is 4. The summed E-state index contributed by atoms with van der Waals surface area (Å²) in [5, 5.41) is 0.618. The summed E-state index contributed by atoms with van der Waals surface area (Å²) in [6.07, 6.45) is 3.35. The molecule has 2 aromatic carbocycles. The summed E-state index contributed by atoms with van der Waals surface area (Å²) in [7, 11) is 0. The van der Waals surface area contributed by atoms with Gasteiger partial charge in [0.2, 0.25) is 0 Å². The van der Waals surface area contributed by atoms with Gasteiger partial charge < -0.3 is 14.5 Å². The summed E-state index contributed by atoms with van der Waals surface area (Å²) in [4.78, 5) is 34.7. The number of rotatable bonds is 3. The van der Waals surface area contributed by atoms with E-state index in [9.17, 15) is 9.59 Å². The predicted molar refractivity (Wildman–Crippen MR) is 120 cm³/mol. The van der Waals surface area contributed by atoms with Crippen LogP contribution >= 0.6 is 0 Å². The molecule has 0 aliphatic carbocycles. The quantitative estimate of drug-likeness (QED) is 0.654. The highest BCUT2D eigenvalue weighted by Crippen LogP contribution is 2.23. The van der Waals surface area contributed by atoms with Crippen LogP contribution in [0.25, 0.3) is 10.9 Å². The van der Waals surface area contributed by atoms with Crippen molar-refractivity contribution in [3.8, 4) is 0 Å². The van der Waals surface area contributed by atoms with Crippen molar-refractivity contribution in [2.24, 2.45) is 0 Å². The Bertz CT molecular complexity index is 1140. The van der Waals surface area contributed by atoms with E-state index < -0.39 is 0 Å². The topological polar surface area (TPSA) is 67.7 Å². The first kappa shape index (κ1) is 19.8. The molecule has 1 unspecified atom stereocenters. The number of para-hydroxylation sites is 1. The van der Waals surface area contributed by atoms with Crippen molar-refractivity contribution >= 4 is 22.5 Å². The first-order valence-electron chi connectivity index (χ1n) is 10.9. The van der Waals surface area contributed by atoms with Gasteiger partial charge in [-0.15, -0.1) is 0 Å². The van der Waals surface area contributed by atoms with E-state index in [1.54, 1.807) is 10.9 Å². The van der Waals surface area contributed by atoms with Crippen LogP contribution < -0.4 is 10.5 Å². The van der Waals surface area contributed by atoms with E-state index in [1.807, 2.05) is 53.4 Å². The first-order chi connectivity index (χ1) is 15.2. The van der Waals surface area contributed by atoms with Gasteiger partial charge in [0, 0.05) is 37.4 Å². The van der Waals surface area contributed by atoms with Crippen LogP contribution in [0.1, 0.15) is 29.2 Å². The number of morpholine rings is 1. The van der Waals surface area contributed by atoms with E-state index in [2.05, 4.69) is 9.88 Å². The van der Waals surface area contributed by atoms with Crippen molar-refractivity contribution in [2.45, 2.75) is 18.9 Å². The van der Waals surface area contributed by atoms with Crippen molar-refractivity contribution in [3.05, 3.63) is 70.8 Å². The number of anilines is 1. The second-order valence-corrected chi connectivity index (χ2v) is 8.17. The fourth-order valence-corrected chi connectivity index (χ4v) is 4.53. The third-order valence-electron chi connectivity index (χ3n) is 6.26. The highest BCUT2D eigenvalue weighted by Gasteiger charge is 2.26. The van der Waals surface area contributed by atoms with Crippen molar-refractivity contribution in [3.63, 3.8) is 0 Å². The van der Waals surface area contributed by atoms with Gasteiger partial charge >= 0.3 is 0 Å². The molecule has 1 aromatic heterocycles. The minimum absolute atomic E-state index is 0.0139. The number of ether oxygens (including phenoxy) is 1. The van der Waals surface area contributed by atoms with Gasteiger partial charge in [0.1, 0.15) is 0 Å². The Morgan fingerprint density at radius 2 is 1.77 bits per heavy atom.